The summed E-state index contributed by atoms with van der Waals surface area (Å²) in [6.07, 6.45) is 4.68. The van der Waals surface area contributed by atoms with Gasteiger partial charge in [-0.25, -0.2) is 4.98 Å². The number of anilines is 1. The highest BCUT2D eigenvalue weighted by Gasteiger charge is 2.18. The lowest BCUT2D eigenvalue weighted by Gasteiger charge is -2.29. The van der Waals surface area contributed by atoms with Gasteiger partial charge in [-0.2, -0.15) is 0 Å². The maximum absolute atomic E-state index is 6.03. The van der Waals surface area contributed by atoms with E-state index in [0.29, 0.717) is 0 Å². The molecule has 1 aromatic carbocycles. The number of rotatable bonds is 2. The van der Waals surface area contributed by atoms with E-state index in [-0.39, 0.29) is 0 Å². The lowest BCUT2D eigenvalue weighted by Crippen LogP contribution is -2.30. The van der Waals surface area contributed by atoms with Gasteiger partial charge in [0.25, 0.3) is 0 Å². The summed E-state index contributed by atoms with van der Waals surface area (Å²) >= 11 is 0. The zero-order valence-corrected chi connectivity index (χ0v) is 9.69. The topological polar surface area (TPSA) is 57.9 Å². The van der Waals surface area contributed by atoms with Crippen molar-refractivity contribution in [3.8, 4) is 0 Å². The fourth-order valence-corrected chi connectivity index (χ4v) is 2.41. The van der Waals surface area contributed by atoms with Crippen LogP contribution in [0.25, 0.3) is 0 Å². The molecule has 0 atom stereocenters. The standard InChI is InChI=1S/C13H16N4/c14-13-3-1-2-10-4-5-17(8-12(10)13)7-11-6-15-9-16-11/h1-3,6,9H,4-5,7-8,14H2,(H,15,16). The average Bonchev–Trinajstić information content (AvgIpc) is 2.83. The van der Waals surface area contributed by atoms with Gasteiger partial charge in [-0.05, 0) is 23.6 Å². The van der Waals surface area contributed by atoms with Crippen molar-refractivity contribution >= 4 is 5.69 Å². The molecule has 4 heteroatoms. The molecule has 4 nitrogen and oxygen atoms in total. The van der Waals surface area contributed by atoms with Gasteiger partial charge in [0.1, 0.15) is 0 Å². The predicted molar refractivity (Wildman–Crippen MR) is 67.3 cm³/mol. The van der Waals surface area contributed by atoms with Crippen molar-refractivity contribution in [3.63, 3.8) is 0 Å². The molecule has 1 aliphatic rings. The van der Waals surface area contributed by atoms with Gasteiger partial charge in [0, 0.05) is 37.2 Å². The smallest absolute Gasteiger partial charge is 0.0922 e. The zero-order valence-electron chi connectivity index (χ0n) is 9.69. The summed E-state index contributed by atoms with van der Waals surface area (Å²) < 4.78 is 0. The lowest BCUT2D eigenvalue weighted by atomic mass is 9.98. The molecule has 88 valence electrons. The van der Waals surface area contributed by atoms with Gasteiger partial charge in [-0.1, -0.05) is 12.1 Å². The monoisotopic (exact) mass is 228 g/mol. The van der Waals surface area contributed by atoms with Gasteiger partial charge in [0.15, 0.2) is 0 Å². The number of benzene rings is 1. The van der Waals surface area contributed by atoms with Crippen LogP contribution in [0.1, 0.15) is 16.8 Å². The summed E-state index contributed by atoms with van der Waals surface area (Å²) in [6.45, 7) is 2.92. The number of imidazole rings is 1. The van der Waals surface area contributed by atoms with Crippen molar-refractivity contribution in [1.29, 1.82) is 0 Å². The Balaban J connectivity index is 1.78. The van der Waals surface area contributed by atoms with Crippen LogP contribution in [0.2, 0.25) is 0 Å². The van der Waals surface area contributed by atoms with Crippen LogP contribution in [0.15, 0.2) is 30.7 Å². The van der Waals surface area contributed by atoms with E-state index in [1.807, 2.05) is 18.3 Å². The number of nitrogen functional groups attached to an aromatic ring is 1. The van der Waals surface area contributed by atoms with Gasteiger partial charge in [-0.3, -0.25) is 4.90 Å². The van der Waals surface area contributed by atoms with E-state index >= 15 is 0 Å². The van der Waals surface area contributed by atoms with Crippen LogP contribution in [-0.4, -0.2) is 21.4 Å². The third kappa shape index (κ3) is 2.03. The maximum atomic E-state index is 6.03. The summed E-state index contributed by atoms with van der Waals surface area (Å²) in [4.78, 5) is 9.58. The van der Waals surface area contributed by atoms with Crippen LogP contribution in [-0.2, 0) is 19.5 Å². The number of hydrogen-bond donors (Lipinski definition) is 2. The Kier molecular flexibility index (Phi) is 2.57. The van der Waals surface area contributed by atoms with Crippen LogP contribution in [0.3, 0.4) is 0 Å². The Morgan fingerprint density at radius 3 is 3.18 bits per heavy atom. The number of fused-ring (bicyclic) bond motifs is 1. The molecule has 17 heavy (non-hydrogen) atoms. The highest BCUT2D eigenvalue weighted by Crippen LogP contribution is 2.24. The highest BCUT2D eigenvalue weighted by atomic mass is 15.1. The second-order valence-corrected chi connectivity index (χ2v) is 4.52. The van der Waals surface area contributed by atoms with Gasteiger partial charge in [0.2, 0.25) is 0 Å². The summed E-state index contributed by atoms with van der Waals surface area (Å²) in [6, 6.07) is 6.20. The SMILES string of the molecule is Nc1cccc2c1CN(Cc1cnc[nH]1)CC2. The first kappa shape index (κ1) is 10.4. The maximum Gasteiger partial charge on any atom is 0.0922 e. The fourth-order valence-electron chi connectivity index (χ4n) is 2.41. The summed E-state index contributed by atoms with van der Waals surface area (Å²) in [5.74, 6) is 0. The molecule has 0 fully saturated rings. The van der Waals surface area contributed by atoms with Crippen LogP contribution in [0, 0.1) is 0 Å². The fraction of sp³-hybridized carbons (Fsp3) is 0.308. The second kappa shape index (κ2) is 4.22. The van der Waals surface area contributed by atoms with Crippen molar-refractivity contribution in [1.82, 2.24) is 14.9 Å². The minimum atomic E-state index is 0.910. The predicted octanol–water partition coefficient (Wildman–Crippen LogP) is 1.55. The van der Waals surface area contributed by atoms with Crippen molar-refractivity contribution < 1.29 is 0 Å². The summed E-state index contributed by atoms with van der Waals surface area (Å²) in [7, 11) is 0. The quantitative estimate of drug-likeness (QED) is 0.767. The molecule has 0 radical (unpaired) electrons. The molecule has 1 aromatic heterocycles. The molecule has 3 rings (SSSR count). The van der Waals surface area contributed by atoms with Gasteiger partial charge < -0.3 is 10.7 Å². The third-order valence-electron chi connectivity index (χ3n) is 3.34. The molecular formula is C13H16N4. The van der Waals surface area contributed by atoms with Gasteiger partial charge in [0.05, 0.1) is 6.33 Å². The molecule has 0 spiro atoms. The Labute approximate surface area is 100 Å². The van der Waals surface area contributed by atoms with Crippen LogP contribution in [0.5, 0.6) is 0 Å². The molecule has 0 amide bonds. The Morgan fingerprint density at radius 2 is 2.35 bits per heavy atom. The number of aromatic nitrogens is 2. The van der Waals surface area contributed by atoms with E-state index in [2.05, 4.69) is 20.9 Å². The minimum absolute atomic E-state index is 0.910. The van der Waals surface area contributed by atoms with Gasteiger partial charge in [-0.15, -0.1) is 0 Å². The first-order valence-corrected chi connectivity index (χ1v) is 5.89. The average molecular weight is 228 g/mol. The molecule has 0 saturated carbocycles. The largest absolute Gasteiger partial charge is 0.398 e. The van der Waals surface area contributed by atoms with E-state index in [0.717, 1.165) is 37.4 Å². The number of nitrogens with one attached hydrogen (secondary N) is 1. The Bertz CT molecular complexity index is 504. The van der Waals surface area contributed by atoms with E-state index in [1.165, 1.54) is 11.1 Å². The molecule has 2 heterocycles. The highest BCUT2D eigenvalue weighted by molar-refractivity contribution is 5.51. The second-order valence-electron chi connectivity index (χ2n) is 4.52. The lowest BCUT2D eigenvalue weighted by molar-refractivity contribution is 0.243. The molecule has 0 saturated heterocycles. The molecule has 0 unspecified atom stereocenters. The number of nitrogens with zero attached hydrogens (tertiary/aromatic N) is 2. The van der Waals surface area contributed by atoms with E-state index in [1.54, 1.807) is 6.33 Å². The van der Waals surface area contributed by atoms with Crippen molar-refractivity contribution in [2.24, 2.45) is 0 Å². The van der Waals surface area contributed by atoms with Crippen molar-refractivity contribution in [3.05, 3.63) is 47.5 Å². The zero-order chi connectivity index (χ0) is 11.7. The number of hydrogen-bond acceptors (Lipinski definition) is 3. The van der Waals surface area contributed by atoms with E-state index in [9.17, 15) is 0 Å². The number of nitrogens with two attached hydrogens (primary N) is 1. The van der Waals surface area contributed by atoms with Crippen molar-refractivity contribution in [2.45, 2.75) is 19.5 Å². The first-order chi connectivity index (χ1) is 8.33. The molecule has 3 N–H and O–H groups in total. The Morgan fingerprint density at radius 1 is 1.41 bits per heavy atom. The number of aromatic amines is 1. The minimum Gasteiger partial charge on any atom is -0.398 e. The van der Waals surface area contributed by atoms with Crippen LogP contribution >= 0.6 is 0 Å². The first-order valence-electron chi connectivity index (χ1n) is 5.89. The van der Waals surface area contributed by atoms with E-state index < -0.39 is 0 Å². The molecule has 0 aliphatic carbocycles. The third-order valence-corrected chi connectivity index (χ3v) is 3.34. The normalized spacial score (nSPS) is 15.8. The molecular weight excluding hydrogens is 212 g/mol. The number of H-pyrrole nitrogens is 1. The van der Waals surface area contributed by atoms with Crippen molar-refractivity contribution in [2.75, 3.05) is 12.3 Å². The summed E-state index contributed by atoms with van der Waals surface area (Å²) in [5.41, 5.74) is 10.8. The van der Waals surface area contributed by atoms with Gasteiger partial charge >= 0.3 is 0 Å². The van der Waals surface area contributed by atoms with E-state index in [4.69, 9.17) is 5.73 Å². The van der Waals surface area contributed by atoms with Crippen LogP contribution in [0.4, 0.5) is 5.69 Å². The summed E-state index contributed by atoms with van der Waals surface area (Å²) in [5, 5.41) is 0. The Hall–Kier alpha value is -1.81. The van der Waals surface area contributed by atoms with Crippen LogP contribution < -0.4 is 5.73 Å². The molecule has 0 bridgehead atoms. The molecule has 2 aromatic rings. The molecule has 1 aliphatic heterocycles.